The van der Waals surface area contributed by atoms with Gasteiger partial charge in [-0.25, -0.2) is 14.4 Å². The number of amides is 2. The molecule has 2 aliphatic heterocycles. The van der Waals surface area contributed by atoms with Gasteiger partial charge in [-0.3, -0.25) is 4.90 Å². The van der Waals surface area contributed by atoms with Crippen LogP contribution >= 0.6 is 0 Å². The van der Waals surface area contributed by atoms with Crippen molar-refractivity contribution in [2.24, 2.45) is 5.92 Å². The van der Waals surface area contributed by atoms with Crippen molar-refractivity contribution in [3.63, 3.8) is 0 Å². The van der Waals surface area contributed by atoms with E-state index in [1.54, 1.807) is 43.0 Å². The SMILES string of the molecule is C#C[C@@H]1CCOC1COC(Cc1ccc(N2CCCNC2=O)cc1)(C(=O)OCC)C(=O)OCC. The molecule has 2 amide bonds. The zero-order chi connectivity index (χ0) is 24.6. The fourth-order valence-electron chi connectivity index (χ4n) is 4.08. The molecule has 0 aromatic heterocycles. The molecule has 0 aliphatic carbocycles. The van der Waals surface area contributed by atoms with Gasteiger partial charge in [0.25, 0.3) is 5.60 Å². The van der Waals surface area contributed by atoms with Crippen LogP contribution in [0.5, 0.6) is 0 Å². The zero-order valence-electron chi connectivity index (χ0n) is 19.7. The summed E-state index contributed by atoms with van der Waals surface area (Å²) >= 11 is 0. The lowest BCUT2D eigenvalue weighted by molar-refractivity contribution is -0.194. The predicted octanol–water partition coefficient (Wildman–Crippen LogP) is 2.07. The van der Waals surface area contributed by atoms with Gasteiger partial charge in [0.1, 0.15) is 0 Å². The molecule has 184 valence electrons. The number of carbonyl (C=O) groups is 3. The van der Waals surface area contributed by atoms with Crippen LogP contribution in [0.4, 0.5) is 10.5 Å². The van der Waals surface area contributed by atoms with Gasteiger partial charge < -0.3 is 24.3 Å². The van der Waals surface area contributed by atoms with E-state index in [2.05, 4.69) is 11.2 Å². The van der Waals surface area contributed by atoms with Crippen LogP contribution in [0.15, 0.2) is 24.3 Å². The highest BCUT2D eigenvalue weighted by Crippen LogP contribution is 2.28. The number of terminal acetylenes is 1. The van der Waals surface area contributed by atoms with Crippen LogP contribution < -0.4 is 10.2 Å². The minimum Gasteiger partial charge on any atom is -0.463 e. The summed E-state index contributed by atoms with van der Waals surface area (Å²) < 4.78 is 22.1. The normalized spacial score (nSPS) is 20.4. The molecule has 1 unspecified atom stereocenters. The van der Waals surface area contributed by atoms with E-state index in [4.69, 9.17) is 25.4 Å². The minimum atomic E-state index is -2.01. The average molecular weight is 473 g/mol. The number of esters is 2. The number of anilines is 1. The van der Waals surface area contributed by atoms with E-state index in [0.717, 1.165) is 12.1 Å². The molecule has 1 aromatic carbocycles. The first-order valence-corrected chi connectivity index (χ1v) is 11.7. The fraction of sp³-hybridized carbons (Fsp3) is 0.560. The van der Waals surface area contributed by atoms with Crippen LogP contribution in [-0.4, -0.2) is 69.2 Å². The third kappa shape index (κ3) is 5.69. The van der Waals surface area contributed by atoms with E-state index in [-0.39, 0.29) is 38.2 Å². The Morgan fingerprint density at radius 2 is 1.88 bits per heavy atom. The Hall–Kier alpha value is -3.09. The van der Waals surface area contributed by atoms with E-state index in [1.807, 2.05) is 0 Å². The number of nitrogens with zero attached hydrogens (tertiary/aromatic N) is 1. The maximum atomic E-state index is 13.1. The number of nitrogens with one attached hydrogen (secondary N) is 1. The smallest absolute Gasteiger partial charge is 0.350 e. The van der Waals surface area contributed by atoms with Crippen LogP contribution in [0.2, 0.25) is 0 Å². The first-order valence-electron chi connectivity index (χ1n) is 11.7. The summed E-state index contributed by atoms with van der Waals surface area (Å²) in [6.45, 7) is 5.14. The number of ether oxygens (including phenoxy) is 4. The predicted molar refractivity (Wildman–Crippen MR) is 124 cm³/mol. The number of hydrogen-bond donors (Lipinski definition) is 1. The van der Waals surface area contributed by atoms with E-state index in [0.29, 0.717) is 31.7 Å². The molecule has 3 rings (SSSR count). The van der Waals surface area contributed by atoms with Gasteiger partial charge in [-0.1, -0.05) is 12.1 Å². The molecule has 9 heteroatoms. The van der Waals surface area contributed by atoms with E-state index in [9.17, 15) is 14.4 Å². The van der Waals surface area contributed by atoms with Gasteiger partial charge >= 0.3 is 18.0 Å². The molecule has 0 bridgehead atoms. The molecule has 2 saturated heterocycles. The summed E-state index contributed by atoms with van der Waals surface area (Å²) in [7, 11) is 0. The monoisotopic (exact) mass is 472 g/mol. The Balaban J connectivity index is 1.86. The molecular formula is C25H32N2O7. The van der Waals surface area contributed by atoms with Crippen LogP contribution in [0, 0.1) is 18.3 Å². The number of benzene rings is 1. The molecule has 9 nitrogen and oxygen atoms in total. The van der Waals surface area contributed by atoms with Gasteiger partial charge in [0.05, 0.1) is 31.8 Å². The average Bonchev–Trinajstić information content (AvgIpc) is 3.30. The Kier molecular flexibility index (Phi) is 8.91. The molecule has 34 heavy (non-hydrogen) atoms. The van der Waals surface area contributed by atoms with Crippen molar-refractivity contribution in [1.82, 2.24) is 5.32 Å². The van der Waals surface area contributed by atoms with Crippen molar-refractivity contribution >= 4 is 23.7 Å². The van der Waals surface area contributed by atoms with Gasteiger partial charge in [-0.05, 0) is 44.4 Å². The highest BCUT2D eigenvalue weighted by atomic mass is 16.6. The van der Waals surface area contributed by atoms with Crippen molar-refractivity contribution in [2.75, 3.05) is 44.4 Å². The highest BCUT2D eigenvalue weighted by molar-refractivity contribution is 6.04. The quantitative estimate of drug-likeness (QED) is 0.316. The molecule has 1 aromatic rings. The molecule has 0 spiro atoms. The second-order valence-electron chi connectivity index (χ2n) is 8.13. The Morgan fingerprint density at radius 1 is 1.21 bits per heavy atom. The maximum absolute atomic E-state index is 13.1. The zero-order valence-corrected chi connectivity index (χ0v) is 19.7. The van der Waals surface area contributed by atoms with Crippen molar-refractivity contribution in [3.05, 3.63) is 29.8 Å². The van der Waals surface area contributed by atoms with Crippen LogP contribution in [0.25, 0.3) is 0 Å². The molecule has 2 fully saturated rings. The number of hydrogen-bond acceptors (Lipinski definition) is 7. The summed E-state index contributed by atoms with van der Waals surface area (Å²) in [6, 6.07) is 6.90. The second-order valence-corrected chi connectivity index (χ2v) is 8.13. The molecule has 1 N–H and O–H groups in total. The third-order valence-electron chi connectivity index (χ3n) is 5.91. The molecular weight excluding hydrogens is 440 g/mol. The number of urea groups is 1. The van der Waals surface area contributed by atoms with E-state index >= 15 is 0 Å². The van der Waals surface area contributed by atoms with Gasteiger partial charge in [0.2, 0.25) is 0 Å². The number of rotatable bonds is 10. The molecule has 0 radical (unpaired) electrons. The summed E-state index contributed by atoms with van der Waals surface area (Å²) in [5.41, 5.74) is -0.653. The van der Waals surface area contributed by atoms with Crippen LogP contribution in [0.3, 0.4) is 0 Å². The molecule has 2 atom stereocenters. The van der Waals surface area contributed by atoms with Gasteiger partial charge in [-0.15, -0.1) is 12.3 Å². The molecule has 0 saturated carbocycles. The minimum absolute atomic E-state index is 0.0570. The standard InChI is InChI=1S/C25H32N2O7/c1-4-19-12-15-33-21(19)17-34-25(22(28)31-5-2,23(29)32-6-3)16-18-8-10-20(11-9-18)27-14-7-13-26-24(27)30/h1,8-11,19,21H,5-7,12-17H2,2-3H3,(H,26,30)/t19-,21?/m1/s1. The lowest BCUT2D eigenvalue weighted by Gasteiger charge is -2.31. The summed E-state index contributed by atoms with van der Waals surface area (Å²) in [5, 5.41) is 2.81. The molecule has 2 aliphatic rings. The second kappa shape index (κ2) is 11.9. The molecule has 2 heterocycles. The van der Waals surface area contributed by atoms with Crippen molar-refractivity contribution in [3.8, 4) is 12.3 Å². The maximum Gasteiger partial charge on any atom is 0.350 e. The first-order chi connectivity index (χ1) is 16.4. The van der Waals surface area contributed by atoms with Crippen molar-refractivity contribution < 1.29 is 33.3 Å². The Morgan fingerprint density at radius 3 is 2.47 bits per heavy atom. The van der Waals surface area contributed by atoms with Crippen LogP contribution in [0.1, 0.15) is 32.3 Å². The largest absolute Gasteiger partial charge is 0.463 e. The lowest BCUT2D eigenvalue weighted by Crippen LogP contribution is -2.54. The highest BCUT2D eigenvalue weighted by Gasteiger charge is 2.51. The van der Waals surface area contributed by atoms with Gasteiger partial charge in [-0.2, -0.15) is 0 Å². The lowest BCUT2D eigenvalue weighted by atomic mass is 9.93. The Labute approximate surface area is 200 Å². The number of carbonyl (C=O) groups excluding carboxylic acids is 3. The van der Waals surface area contributed by atoms with Crippen molar-refractivity contribution in [1.29, 1.82) is 0 Å². The summed E-state index contributed by atoms with van der Waals surface area (Å²) in [6.07, 6.45) is 6.57. The van der Waals surface area contributed by atoms with Gasteiger partial charge in [0, 0.05) is 31.8 Å². The third-order valence-corrected chi connectivity index (χ3v) is 5.91. The van der Waals surface area contributed by atoms with Crippen molar-refractivity contribution in [2.45, 2.75) is 44.8 Å². The topological polar surface area (TPSA) is 103 Å². The first kappa shape index (κ1) is 25.5. The van der Waals surface area contributed by atoms with E-state index in [1.165, 1.54) is 0 Å². The Bertz CT molecular complexity index is 891. The van der Waals surface area contributed by atoms with E-state index < -0.39 is 23.6 Å². The van der Waals surface area contributed by atoms with Gasteiger partial charge in [0.15, 0.2) is 0 Å². The summed E-state index contributed by atoms with van der Waals surface area (Å²) in [5.74, 6) is 0.845. The van der Waals surface area contributed by atoms with Crippen LogP contribution in [-0.2, 0) is 35.0 Å². The fourth-order valence-corrected chi connectivity index (χ4v) is 4.08. The summed E-state index contributed by atoms with van der Waals surface area (Å²) in [4.78, 5) is 40.0.